The maximum Gasteiger partial charge on any atom is 0.338 e. The van der Waals surface area contributed by atoms with Gasteiger partial charge in [0.05, 0.1) is 23.1 Å². The van der Waals surface area contributed by atoms with Gasteiger partial charge in [-0.25, -0.2) is 9.78 Å². The number of carbonyl (C=O) groups excluding carboxylic acids is 1. The molecule has 0 fully saturated rings. The molecule has 25 heavy (non-hydrogen) atoms. The molecule has 132 valence electrons. The predicted octanol–water partition coefficient (Wildman–Crippen LogP) is 3.64. The summed E-state index contributed by atoms with van der Waals surface area (Å²) in [5.74, 6) is 0.452. The van der Waals surface area contributed by atoms with Gasteiger partial charge >= 0.3 is 5.97 Å². The van der Waals surface area contributed by atoms with Gasteiger partial charge in [-0.2, -0.15) is 0 Å². The lowest BCUT2D eigenvalue weighted by atomic mass is 10.1. The molecule has 0 saturated heterocycles. The fraction of sp³-hybridized carbons (Fsp3) is 0.450. The van der Waals surface area contributed by atoms with Crippen molar-refractivity contribution in [3.63, 3.8) is 0 Å². The quantitative estimate of drug-likeness (QED) is 0.474. The molecule has 0 saturated carbocycles. The molecule has 0 bridgehead atoms. The van der Waals surface area contributed by atoms with Crippen LogP contribution >= 0.6 is 0 Å². The summed E-state index contributed by atoms with van der Waals surface area (Å²) in [5.41, 5.74) is 1.01. The van der Waals surface area contributed by atoms with E-state index in [4.69, 9.17) is 4.74 Å². The van der Waals surface area contributed by atoms with Gasteiger partial charge < -0.3 is 4.74 Å². The Morgan fingerprint density at radius 3 is 2.96 bits per heavy atom. The van der Waals surface area contributed by atoms with E-state index in [0.29, 0.717) is 23.1 Å². The first-order chi connectivity index (χ1) is 12.2. The van der Waals surface area contributed by atoms with Gasteiger partial charge in [0.25, 0.3) is 5.56 Å². The number of unbranched alkanes of at least 4 members (excludes halogenated alkanes) is 1. The number of rotatable bonds is 5. The number of hydrogen-bond acceptors (Lipinski definition) is 4. The van der Waals surface area contributed by atoms with Crippen molar-refractivity contribution in [3.8, 4) is 0 Å². The number of ether oxygens (including phenoxy) is 1. The van der Waals surface area contributed by atoms with E-state index in [1.165, 1.54) is 6.42 Å². The molecular formula is C20H24N2O3. The maximum absolute atomic E-state index is 12.8. The first-order valence-electron chi connectivity index (χ1n) is 9.02. The summed E-state index contributed by atoms with van der Waals surface area (Å²) in [6.07, 6.45) is 8.56. The number of hydrogen-bond donors (Lipinski definition) is 0. The number of esters is 1. The second-order valence-corrected chi connectivity index (χ2v) is 6.45. The Morgan fingerprint density at radius 2 is 2.12 bits per heavy atom. The van der Waals surface area contributed by atoms with E-state index in [1.54, 1.807) is 28.8 Å². The monoisotopic (exact) mass is 340 g/mol. The molecule has 1 aliphatic rings. The molecule has 3 rings (SSSR count). The van der Waals surface area contributed by atoms with Gasteiger partial charge in [0.15, 0.2) is 0 Å². The summed E-state index contributed by atoms with van der Waals surface area (Å²) in [6.45, 7) is 4.74. The summed E-state index contributed by atoms with van der Waals surface area (Å²) in [4.78, 5) is 29.6. The Balaban J connectivity index is 1.89. The molecule has 1 aromatic carbocycles. The molecule has 0 unspecified atom stereocenters. The van der Waals surface area contributed by atoms with E-state index in [2.05, 4.69) is 11.6 Å². The number of allylic oxidation sites excluding steroid dienone is 1. The van der Waals surface area contributed by atoms with Crippen molar-refractivity contribution in [2.45, 2.75) is 51.5 Å². The Bertz CT molecular complexity index is 839. The van der Waals surface area contributed by atoms with Crippen molar-refractivity contribution in [1.29, 1.82) is 0 Å². The molecule has 5 heteroatoms. The zero-order valence-electron chi connectivity index (χ0n) is 14.5. The Kier molecular flexibility index (Phi) is 5.64. The highest BCUT2D eigenvalue weighted by molar-refractivity contribution is 5.94. The third-order valence-corrected chi connectivity index (χ3v) is 4.59. The SMILES string of the molecule is C=CCCCOC(=O)c1ccc2c(=O)n3c(nc2c1)CCCCCC3. The van der Waals surface area contributed by atoms with Crippen molar-refractivity contribution in [3.05, 3.63) is 52.6 Å². The van der Waals surface area contributed by atoms with E-state index < -0.39 is 0 Å². The summed E-state index contributed by atoms with van der Waals surface area (Å²) in [6, 6.07) is 5.01. The van der Waals surface area contributed by atoms with Crippen LogP contribution in [0.3, 0.4) is 0 Å². The normalized spacial score (nSPS) is 14.4. The van der Waals surface area contributed by atoms with Crippen LogP contribution in [-0.2, 0) is 17.7 Å². The number of carbonyl (C=O) groups is 1. The fourth-order valence-corrected chi connectivity index (χ4v) is 3.20. The third kappa shape index (κ3) is 3.98. The average molecular weight is 340 g/mol. The van der Waals surface area contributed by atoms with Crippen molar-refractivity contribution >= 4 is 16.9 Å². The lowest BCUT2D eigenvalue weighted by Crippen LogP contribution is -2.26. The van der Waals surface area contributed by atoms with Gasteiger partial charge in [-0.15, -0.1) is 6.58 Å². The van der Waals surface area contributed by atoms with E-state index >= 15 is 0 Å². The Labute approximate surface area is 147 Å². The first-order valence-corrected chi connectivity index (χ1v) is 9.02. The van der Waals surface area contributed by atoms with Crippen LogP contribution in [0.2, 0.25) is 0 Å². The molecule has 0 aliphatic carbocycles. The van der Waals surface area contributed by atoms with Crippen LogP contribution in [0.15, 0.2) is 35.6 Å². The van der Waals surface area contributed by atoms with Crippen molar-refractivity contribution < 1.29 is 9.53 Å². The smallest absolute Gasteiger partial charge is 0.338 e. The number of benzene rings is 1. The first kappa shape index (κ1) is 17.4. The van der Waals surface area contributed by atoms with E-state index in [9.17, 15) is 9.59 Å². The van der Waals surface area contributed by atoms with Crippen LogP contribution in [0.4, 0.5) is 0 Å². The molecule has 0 N–H and O–H groups in total. The molecule has 1 aromatic heterocycles. The van der Waals surface area contributed by atoms with Crippen LogP contribution in [0.25, 0.3) is 10.9 Å². The highest BCUT2D eigenvalue weighted by Gasteiger charge is 2.15. The Hall–Kier alpha value is -2.43. The molecule has 0 atom stereocenters. The highest BCUT2D eigenvalue weighted by Crippen LogP contribution is 2.17. The molecule has 0 amide bonds. The highest BCUT2D eigenvalue weighted by atomic mass is 16.5. The van der Waals surface area contributed by atoms with Gasteiger partial charge in [-0.3, -0.25) is 9.36 Å². The number of fused-ring (bicyclic) bond motifs is 2. The molecule has 0 spiro atoms. The van der Waals surface area contributed by atoms with Crippen molar-refractivity contribution in [2.75, 3.05) is 6.61 Å². The van der Waals surface area contributed by atoms with Gasteiger partial charge in [-0.1, -0.05) is 18.9 Å². The van der Waals surface area contributed by atoms with E-state index in [1.807, 2.05) is 0 Å². The number of aryl methyl sites for hydroxylation is 1. The van der Waals surface area contributed by atoms with Crippen LogP contribution in [0.1, 0.15) is 54.7 Å². The van der Waals surface area contributed by atoms with Crippen LogP contribution in [0, 0.1) is 0 Å². The predicted molar refractivity (Wildman–Crippen MR) is 97.9 cm³/mol. The third-order valence-electron chi connectivity index (χ3n) is 4.59. The second kappa shape index (κ2) is 8.10. The number of aromatic nitrogens is 2. The molecule has 0 radical (unpaired) electrons. The zero-order chi connectivity index (χ0) is 17.6. The van der Waals surface area contributed by atoms with E-state index in [-0.39, 0.29) is 11.5 Å². The summed E-state index contributed by atoms with van der Waals surface area (Å²) in [7, 11) is 0. The molecule has 2 aromatic rings. The van der Waals surface area contributed by atoms with Crippen LogP contribution in [0.5, 0.6) is 0 Å². The lowest BCUT2D eigenvalue weighted by molar-refractivity contribution is 0.0501. The van der Waals surface area contributed by atoms with E-state index in [0.717, 1.165) is 50.9 Å². The zero-order valence-corrected chi connectivity index (χ0v) is 14.5. The Morgan fingerprint density at radius 1 is 1.28 bits per heavy atom. The minimum atomic E-state index is -0.375. The molecule has 2 heterocycles. The van der Waals surface area contributed by atoms with Crippen molar-refractivity contribution in [2.24, 2.45) is 0 Å². The summed E-state index contributed by atoms with van der Waals surface area (Å²) < 4.78 is 7.06. The van der Waals surface area contributed by atoms with Crippen molar-refractivity contribution in [1.82, 2.24) is 9.55 Å². The lowest BCUT2D eigenvalue weighted by Gasteiger charge is -2.16. The maximum atomic E-state index is 12.8. The van der Waals surface area contributed by atoms with Gasteiger partial charge in [0.2, 0.25) is 0 Å². The summed E-state index contributed by atoms with van der Waals surface area (Å²) >= 11 is 0. The van der Waals surface area contributed by atoms with Crippen LogP contribution < -0.4 is 5.56 Å². The average Bonchev–Trinajstić information content (AvgIpc) is 2.60. The standard InChI is InChI=1S/C20H24N2O3/c1-2-3-8-13-25-20(24)15-10-11-16-17(14-15)21-18-9-6-4-5-7-12-22(18)19(16)23/h2,10-11,14H,1,3-9,12-13H2. The minimum Gasteiger partial charge on any atom is -0.462 e. The summed E-state index contributed by atoms with van der Waals surface area (Å²) in [5, 5.41) is 0.563. The molecule has 1 aliphatic heterocycles. The molecular weight excluding hydrogens is 316 g/mol. The largest absolute Gasteiger partial charge is 0.462 e. The number of nitrogens with zero attached hydrogens (tertiary/aromatic N) is 2. The van der Waals surface area contributed by atoms with Gasteiger partial charge in [0.1, 0.15) is 5.82 Å². The van der Waals surface area contributed by atoms with Crippen LogP contribution in [-0.4, -0.2) is 22.1 Å². The minimum absolute atomic E-state index is 0.00667. The topological polar surface area (TPSA) is 61.2 Å². The fourth-order valence-electron chi connectivity index (χ4n) is 3.20. The second-order valence-electron chi connectivity index (χ2n) is 6.45. The van der Waals surface area contributed by atoms with Gasteiger partial charge in [0, 0.05) is 13.0 Å². The molecule has 5 nitrogen and oxygen atoms in total. The van der Waals surface area contributed by atoms with Gasteiger partial charge in [-0.05, 0) is 43.9 Å².